The second-order valence-corrected chi connectivity index (χ2v) is 6.63. The van der Waals surface area contributed by atoms with E-state index in [1.54, 1.807) is 12.1 Å². The fourth-order valence-electron chi connectivity index (χ4n) is 3.46. The number of carbonyl (C=O) groups excluding carboxylic acids is 1. The van der Waals surface area contributed by atoms with Gasteiger partial charge in [-0.05, 0) is 48.1 Å². The minimum atomic E-state index is -0.286. The molecule has 2 nitrogen and oxygen atoms in total. The first-order chi connectivity index (χ1) is 8.85. The van der Waals surface area contributed by atoms with Crippen molar-refractivity contribution in [2.45, 2.75) is 47.0 Å². The van der Waals surface area contributed by atoms with E-state index in [0.29, 0.717) is 11.2 Å². The van der Waals surface area contributed by atoms with Gasteiger partial charge in [0.15, 0.2) is 0 Å². The van der Waals surface area contributed by atoms with Gasteiger partial charge in [0.2, 0.25) is 0 Å². The van der Waals surface area contributed by atoms with Crippen molar-refractivity contribution in [2.75, 3.05) is 0 Å². The molecule has 2 unspecified atom stereocenters. The molecule has 0 spiro atoms. The smallest absolute Gasteiger partial charge is 0.308 e. The molecule has 0 heterocycles. The Kier molecular flexibility index (Phi) is 3.71. The zero-order chi connectivity index (χ0) is 14.1. The molecular weight excluding hydrogens is 236 g/mol. The van der Waals surface area contributed by atoms with Gasteiger partial charge < -0.3 is 4.74 Å². The van der Waals surface area contributed by atoms with Gasteiger partial charge in [-0.3, -0.25) is 4.79 Å². The first-order valence-corrected chi connectivity index (χ1v) is 7.09. The highest BCUT2D eigenvalue weighted by Gasteiger charge is 2.61. The topological polar surface area (TPSA) is 26.3 Å². The zero-order valence-electron chi connectivity index (χ0n) is 12.4. The lowest BCUT2D eigenvalue weighted by Gasteiger charge is -2.53. The van der Waals surface area contributed by atoms with E-state index in [1.165, 1.54) is 26.2 Å². The monoisotopic (exact) mass is 260 g/mol. The zero-order valence-corrected chi connectivity index (χ0v) is 12.4. The summed E-state index contributed by atoms with van der Waals surface area (Å²) in [5.74, 6) is 1.38. The van der Waals surface area contributed by atoms with Crippen LogP contribution in [0.15, 0.2) is 30.3 Å². The van der Waals surface area contributed by atoms with Gasteiger partial charge in [-0.2, -0.15) is 0 Å². The molecule has 0 aromatic heterocycles. The normalized spacial score (nSPS) is 29.8. The summed E-state index contributed by atoms with van der Waals surface area (Å²) in [5, 5.41) is 0. The predicted octanol–water partition coefficient (Wildman–Crippen LogP) is 4.44. The molecule has 0 saturated heterocycles. The minimum absolute atomic E-state index is 0.286. The lowest BCUT2D eigenvalue weighted by Crippen LogP contribution is -2.45. The third-order valence-corrected chi connectivity index (χ3v) is 5.32. The minimum Gasteiger partial charge on any atom is -0.427 e. The van der Waals surface area contributed by atoms with Gasteiger partial charge in [-0.15, -0.1) is 0 Å². The molecular formula is C17H24O2. The predicted molar refractivity (Wildman–Crippen MR) is 77.0 cm³/mol. The average Bonchev–Trinajstić information content (AvgIpc) is 2.85. The molecule has 2 heteroatoms. The molecule has 104 valence electrons. The van der Waals surface area contributed by atoms with Crippen LogP contribution in [-0.4, -0.2) is 5.97 Å². The Labute approximate surface area is 116 Å². The number of fused-ring (bicyclic) bond motifs is 1. The van der Waals surface area contributed by atoms with Gasteiger partial charge in [0.25, 0.3) is 0 Å². The Morgan fingerprint density at radius 2 is 1.84 bits per heavy atom. The molecule has 0 N–H and O–H groups in total. The van der Waals surface area contributed by atoms with E-state index < -0.39 is 0 Å². The summed E-state index contributed by atoms with van der Waals surface area (Å²) in [6.07, 6.45) is 4.51. The van der Waals surface area contributed by atoms with Crippen molar-refractivity contribution < 1.29 is 9.53 Å². The number of para-hydroxylation sites is 1. The third kappa shape index (κ3) is 2.68. The Morgan fingerprint density at radius 3 is 2.16 bits per heavy atom. The van der Waals surface area contributed by atoms with Crippen LogP contribution >= 0.6 is 0 Å². The summed E-state index contributed by atoms with van der Waals surface area (Å²) in [4.78, 5) is 10.4. The summed E-state index contributed by atoms with van der Waals surface area (Å²) in [6.45, 7) is 8.71. The Hall–Kier alpha value is -1.31. The molecule has 2 atom stereocenters. The molecule has 3 aliphatic carbocycles. The van der Waals surface area contributed by atoms with Crippen LogP contribution in [0.5, 0.6) is 5.75 Å². The Balaban J connectivity index is 0.000000141. The summed E-state index contributed by atoms with van der Waals surface area (Å²) < 4.78 is 4.78. The second-order valence-electron chi connectivity index (χ2n) is 6.63. The van der Waals surface area contributed by atoms with Crippen molar-refractivity contribution in [3.63, 3.8) is 0 Å². The lowest BCUT2D eigenvalue weighted by molar-refractivity contribution is -0.131. The first-order valence-electron chi connectivity index (χ1n) is 7.09. The van der Waals surface area contributed by atoms with Crippen molar-refractivity contribution in [1.29, 1.82) is 0 Å². The van der Waals surface area contributed by atoms with Gasteiger partial charge in [0, 0.05) is 6.92 Å². The molecule has 2 bridgehead atoms. The van der Waals surface area contributed by atoms with E-state index in [4.69, 9.17) is 4.74 Å². The van der Waals surface area contributed by atoms with E-state index in [1.807, 2.05) is 18.2 Å². The molecule has 19 heavy (non-hydrogen) atoms. The second kappa shape index (κ2) is 4.99. The maximum Gasteiger partial charge on any atom is 0.308 e. The lowest BCUT2D eigenvalue weighted by atomic mass is 9.52. The van der Waals surface area contributed by atoms with E-state index in [0.717, 1.165) is 11.3 Å². The molecule has 3 fully saturated rings. The first kappa shape index (κ1) is 14.1. The summed E-state index contributed by atoms with van der Waals surface area (Å²) >= 11 is 0. The summed E-state index contributed by atoms with van der Waals surface area (Å²) in [6, 6.07) is 8.98. The number of hydrogen-bond donors (Lipinski definition) is 0. The van der Waals surface area contributed by atoms with Gasteiger partial charge >= 0.3 is 5.97 Å². The molecule has 1 aromatic carbocycles. The molecule has 0 amide bonds. The quantitative estimate of drug-likeness (QED) is 0.551. The number of hydrogen-bond acceptors (Lipinski definition) is 2. The molecule has 3 aliphatic rings. The van der Waals surface area contributed by atoms with Gasteiger partial charge in [-0.1, -0.05) is 39.0 Å². The highest BCUT2D eigenvalue weighted by atomic mass is 16.5. The van der Waals surface area contributed by atoms with Crippen LogP contribution in [0.3, 0.4) is 0 Å². The average molecular weight is 260 g/mol. The summed E-state index contributed by atoms with van der Waals surface area (Å²) in [7, 11) is 0. The van der Waals surface area contributed by atoms with Gasteiger partial charge in [0.05, 0.1) is 0 Å². The number of carbonyl (C=O) groups is 1. The van der Waals surface area contributed by atoms with E-state index in [-0.39, 0.29) is 5.97 Å². The van der Waals surface area contributed by atoms with Crippen molar-refractivity contribution in [3.8, 4) is 5.75 Å². The Bertz CT molecular complexity index is 443. The van der Waals surface area contributed by atoms with Crippen LogP contribution in [-0.2, 0) is 4.79 Å². The third-order valence-electron chi connectivity index (χ3n) is 5.32. The van der Waals surface area contributed by atoms with Gasteiger partial charge in [0.1, 0.15) is 5.75 Å². The summed E-state index contributed by atoms with van der Waals surface area (Å²) in [5.41, 5.74) is 1.42. The fourth-order valence-corrected chi connectivity index (χ4v) is 3.46. The van der Waals surface area contributed by atoms with E-state index in [9.17, 15) is 4.79 Å². The number of ether oxygens (including phenoxy) is 1. The maximum absolute atomic E-state index is 10.4. The van der Waals surface area contributed by atoms with Crippen LogP contribution in [0.1, 0.15) is 47.0 Å². The fraction of sp³-hybridized carbons (Fsp3) is 0.588. The molecule has 0 radical (unpaired) electrons. The van der Waals surface area contributed by atoms with E-state index in [2.05, 4.69) is 20.8 Å². The van der Waals surface area contributed by atoms with Crippen LogP contribution in [0, 0.1) is 16.7 Å². The molecule has 3 saturated carbocycles. The maximum atomic E-state index is 10.4. The highest BCUT2D eigenvalue weighted by Crippen LogP contribution is 2.70. The molecule has 0 aliphatic heterocycles. The van der Waals surface area contributed by atoms with Crippen molar-refractivity contribution in [3.05, 3.63) is 30.3 Å². The largest absolute Gasteiger partial charge is 0.427 e. The van der Waals surface area contributed by atoms with Crippen LogP contribution in [0.2, 0.25) is 0 Å². The SMILES string of the molecule is CC(=O)Oc1ccccc1.CC12CCC(C1)C2(C)C. The number of benzene rings is 1. The molecule has 1 aromatic rings. The van der Waals surface area contributed by atoms with Gasteiger partial charge in [-0.25, -0.2) is 0 Å². The van der Waals surface area contributed by atoms with E-state index >= 15 is 0 Å². The standard InChI is InChI=1S/C9H16.C8H8O2/c1-8(2)7-4-5-9(8,3)6-7;1-7(9)10-8-5-3-2-4-6-8/h7H,4-6H2,1-3H3;2-6H,1H3. The molecule has 4 rings (SSSR count). The number of esters is 1. The highest BCUT2D eigenvalue weighted by molar-refractivity contribution is 5.69. The number of rotatable bonds is 1. The van der Waals surface area contributed by atoms with Crippen LogP contribution in [0.25, 0.3) is 0 Å². The van der Waals surface area contributed by atoms with Crippen molar-refractivity contribution in [1.82, 2.24) is 0 Å². The van der Waals surface area contributed by atoms with Crippen LogP contribution in [0.4, 0.5) is 0 Å². The van der Waals surface area contributed by atoms with Crippen LogP contribution < -0.4 is 4.74 Å². The Morgan fingerprint density at radius 1 is 1.21 bits per heavy atom. The van der Waals surface area contributed by atoms with Crippen molar-refractivity contribution >= 4 is 5.97 Å². The van der Waals surface area contributed by atoms with Crippen molar-refractivity contribution in [2.24, 2.45) is 16.7 Å².